The SMILES string of the molecule is C=C(O)c1cc2sc(N(C)C(=O)Nc3ccc(F)cc3OC)cc2oc1=O. The molecule has 0 aliphatic rings. The number of ether oxygens (including phenoxy) is 1. The minimum Gasteiger partial charge on any atom is -0.508 e. The standard InChI is InChI=1S/C18H15FN2O5S/c1-9(22)11-7-15-14(26-17(11)23)8-16(27-15)21(2)18(24)20-12-5-4-10(19)6-13(12)25-3/h4-8,22H,1H2,2-3H3,(H,20,24). The summed E-state index contributed by atoms with van der Waals surface area (Å²) in [5.41, 5.74) is -0.173. The van der Waals surface area contributed by atoms with Gasteiger partial charge in [-0.2, -0.15) is 0 Å². The van der Waals surface area contributed by atoms with Crippen molar-refractivity contribution in [2.24, 2.45) is 0 Å². The van der Waals surface area contributed by atoms with Gasteiger partial charge in [-0.15, -0.1) is 11.3 Å². The van der Waals surface area contributed by atoms with E-state index in [9.17, 15) is 19.1 Å². The lowest BCUT2D eigenvalue weighted by Crippen LogP contribution is -2.30. The number of aliphatic hydroxyl groups excluding tert-OH is 1. The highest BCUT2D eigenvalue weighted by Crippen LogP contribution is 2.33. The van der Waals surface area contributed by atoms with Crippen LogP contribution in [0.3, 0.4) is 0 Å². The maximum atomic E-state index is 13.3. The van der Waals surface area contributed by atoms with Crippen molar-refractivity contribution in [2.75, 3.05) is 24.4 Å². The van der Waals surface area contributed by atoms with Gasteiger partial charge < -0.3 is 19.6 Å². The highest BCUT2D eigenvalue weighted by atomic mass is 32.1. The Hall–Kier alpha value is -3.33. The Kier molecular flexibility index (Phi) is 4.87. The number of urea groups is 1. The number of anilines is 2. The Bertz CT molecular complexity index is 1100. The number of hydrogen-bond donors (Lipinski definition) is 2. The summed E-state index contributed by atoms with van der Waals surface area (Å²) in [4.78, 5) is 25.6. The van der Waals surface area contributed by atoms with E-state index in [-0.39, 0.29) is 16.9 Å². The lowest BCUT2D eigenvalue weighted by Gasteiger charge is -2.17. The van der Waals surface area contributed by atoms with Gasteiger partial charge in [0, 0.05) is 19.2 Å². The fourth-order valence-corrected chi connectivity index (χ4v) is 3.32. The van der Waals surface area contributed by atoms with Gasteiger partial charge in [-0.3, -0.25) is 4.90 Å². The van der Waals surface area contributed by atoms with Gasteiger partial charge in [-0.25, -0.2) is 14.0 Å². The third-order valence-corrected chi connectivity index (χ3v) is 4.90. The first-order valence-electron chi connectivity index (χ1n) is 7.64. The van der Waals surface area contributed by atoms with Gasteiger partial charge >= 0.3 is 11.7 Å². The van der Waals surface area contributed by atoms with Crippen LogP contribution in [0.1, 0.15) is 5.56 Å². The van der Waals surface area contributed by atoms with Crippen molar-refractivity contribution in [1.29, 1.82) is 0 Å². The minimum atomic E-state index is -0.720. The fourth-order valence-electron chi connectivity index (χ4n) is 2.33. The zero-order valence-corrected chi connectivity index (χ0v) is 15.2. The Morgan fingerprint density at radius 2 is 2.11 bits per heavy atom. The van der Waals surface area contributed by atoms with Crippen LogP contribution in [-0.2, 0) is 0 Å². The highest BCUT2D eigenvalue weighted by molar-refractivity contribution is 7.22. The molecule has 0 saturated heterocycles. The van der Waals surface area contributed by atoms with Crippen LogP contribution >= 0.6 is 11.3 Å². The van der Waals surface area contributed by atoms with E-state index in [4.69, 9.17) is 9.15 Å². The van der Waals surface area contributed by atoms with Crippen LogP contribution in [0, 0.1) is 5.82 Å². The van der Waals surface area contributed by atoms with Crippen molar-refractivity contribution in [3.63, 3.8) is 0 Å². The lowest BCUT2D eigenvalue weighted by atomic mass is 10.2. The Morgan fingerprint density at radius 3 is 2.78 bits per heavy atom. The fraction of sp³-hybridized carbons (Fsp3) is 0.111. The van der Waals surface area contributed by atoms with E-state index in [1.54, 1.807) is 0 Å². The van der Waals surface area contributed by atoms with Crippen LogP contribution < -0.4 is 20.6 Å². The van der Waals surface area contributed by atoms with E-state index in [2.05, 4.69) is 11.9 Å². The van der Waals surface area contributed by atoms with Gasteiger partial charge in [0.2, 0.25) is 0 Å². The van der Waals surface area contributed by atoms with Crippen molar-refractivity contribution >= 4 is 44.1 Å². The molecular formula is C18H15FN2O5S. The van der Waals surface area contributed by atoms with Crippen LogP contribution in [-0.4, -0.2) is 25.3 Å². The molecule has 1 aromatic carbocycles. The maximum absolute atomic E-state index is 13.3. The van der Waals surface area contributed by atoms with Crippen molar-refractivity contribution in [2.45, 2.75) is 0 Å². The average molecular weight is 390 g/mol. The third-order valence-electron chi connectivity index (χ3n) is 3.76. The zero-order valence-electron chi connectivity index (χ0n) is 14.4. The first kappa shape index (κ1) is 18.5. The molecule has 2 N–H and O–H groups in total. The van der Waals surface area contributed by atoms with E-state index < -0.39 is 23.2 Å². The van der Waals surface area contributed by atoms with Crippen LogP contribution in [0.15, 0.2) is 46.1 Å². The Balaban J connectivity index is 1.89. The number of rotatable bonds is 4. The molecule has 0 saturated carbocycles. The summed E-state index contributed by atoms with van der Waals surface area (Å²) in [7, 11) is 2.90. The molecule has 2 amide bonds. The molecular weight excluding hydrogens is 375 g/mol. The van der Waals surface area contributed by atoms with Gasteiger partial charge in [0.15, 0.2) is 5.58 Å². The molecule has 7 nitrogen and oxygen atoms in total. The van der Waals surface area contributed by atoms with E-state index in [1.807, 2.05) is 0 Å². The van der Waals surface area contributed by atoms with Gasteiger partial charge in [0.05, 0.1) is 17.5 Å². The van der Waals surface area contributed by atoms with E-state index in [0.29, 0.717) is 15.4 Å². The predicted molar refractivity (Wildman–Crippen MR) is 102 cm³/mol. The Labute approximate surface area is 156 Å². The molecule has 2 aromatic heterocycles. The number of aliphatic hydroxyl groups is 1. The molecule has 0 aliphatic heterocycles. The number of hydrogen-bond acceptors (Lipinski definition) is 6. The lowest BCUT2D eigenvalue weighted by molar-refractivity contribution is 0.258. The summed E-state index contributed by atoms with van der Waals surface area (Å²) in [6.07, 6.45) is 0. The van der Waals surface area contributed by atoms with Gasteiger partial charge in [-0.05, 0) is 18.2 Å². The molecule has 0 aliphatic carbocycles. The van der Waals surface area contributed by atoms with Crippen molar-refractivity contribution in [3.8, 4) is 5.75 Å². The first-order valence-corrected chi connectivity index (χ1v) is 8.46. The zero-order chi connectivity index (χ0) is 19.7. The Morgan fingerprint density at radius 1 is 1.37 bits per heavy atom. The molecule has 3 rings (SSSR count). The summed E-state index contributed by atoms with van der Waals surface area (Å²) >= 11 is 1.19. The van der Waals surface area contributed by atoms with E-state index in [1.165, 1.54) is 54.7 Å². The topological polar surface area (TPSA) is 92.0 Å². The predicted octanol–water partition coefficient (Wildman–Crippen LogP) is 4.20. The number of carbonyl (C=O) groups is 1. The number of thiophene rings is 1. The molecule has 0 bridgehead atoms. The second-order valence-electron chi connectivity index (χ2n) is 5.54. The summed E-state index contributed by atoms with van der Waals surface area (Å²) < 4.78 is 24.0. The number of carbonyl (C=O) groups excluding carboxylic acids is 1. The number of halogens is 1. The molecule has 27 heavy (non-hydrogen) atoms. The van der Waals surface area contributed by atoms with Crippen molar-refractivity contribution in [1.82, 2.24) is 0 Å². The number of fused-ring (bicyclic) bond motifs is 1. The first-order chi connectivity index (χ1) is 12.8. The van der Waals surface area contributed by atoms with Crippen molar-refractivity contribution in [3.05, 3.63) is 58.7 Å². The van der Waals surface area contributed by atoms with E-state index >= 15 is 0 Å². The van der Waals surface area contributed by atoms with Crippen LogP contribution in [0.2, 0.25) is 0 Å². The van der Waals surface area contributed by atoms with Crippen molar-refractivity contribution < 1.29 is 23.4 Å². The number of nitrogens with zero attached hydrogens (tertiary/aromatic N) is 1. The summed E-state index contributed by atoms with van der Waals surface area (Å²) in [6, 6.07) is 6.24. The summed E-state index contributed by atoms with van der Waals surface area (Å²) in [6.45, 7) is 3.32. The van der Waals surface area contributed by atoms with E-state index in [0.717, 1.165) is 6.07 Å². The molecule has 0 unspecified atom stereocenters. The molecule has 0 spiro atoms. The summed E-state index contributed by atoms with van der Waals surface area (Å²) in [5.74, 6) is -0.695. The number of methoxy groups -OCH3 is 1. The monoisotopic (exact) mass is 390 g/mol. The normalized spacial score (nSPS) is 10.6. The summed E-state index contributed by atoms with van der Waals surface area (Å²) in [5, 5.41) is 12.6. The molecule has 9 heteroatoms. The van der Waals surface area contributed by atoms with Crippen LogP contribution in [0.4, 0.5) is 19.9 Å². The molecule has 3 aromatic rings. The van der Waals surface area contributed by atoms with Crippen LogP contribution in [0.5, 0.6) is 5.75 Å². The average Bonchev–Trinajstić information content (AvgIpc) is 3.04. The van der Waals surface area contributed by atoms with Gasteiger partial charge in [-0.1, -0.05) is 6.58 Å². The van der Waals surface area contributed by atoms with Gasteiger partial charge in [0.25, 0.3) is 0 Å². The minimum absolute atomic E-state index is 0.0425. The quantitative estimate of drug-likeness (QED) is 0.652. The smallest absolute Gasteiger partial charge is 0.347 e. The third kappa shape index (κ3) is 3.63. The second kappa shape index (κ2) is 7.12. The highest BCUT2D eigenvalue weighted by Gasteiger charge is 2.18. The maximum Gasteiger partial charge on any atom is 0.347 e. The number of benzene rings is 1. The molecule has 0 radical (unpaired) electrons. The molecule has 0 atom stereocenters. The molecule has 2 heterocycles. The molecule has 0 fully saturated rings. The van der Waals surface area contributed by atoms with Crippen LogP contribution in [0.25, 0.3) is 16.0 Å². The second-order valence-corrected chi connectivity index (χ2v) is 6.60. The van der Waals surface area contributed by atoms with Gasteiger partial charge in [0.1, 0.15) is 27.9 Å². The number of amides is 2. The molecule has 140 valence electrons. The number of nitrogens with one attached hydrogen (secondary N) is 1. The largest absolute Gasteiger partial charge is 0.508 e.